The van der Waals surface area contributed by atoms with E-state index in [1.807, 2.05) is 0 Å². The number of aromatic hydroxyl groups is 1. The third-order valence-corrected chi connectivity index (χ3v) is 5.89. The molecule has 1 fully saturated rings. The monoisotopic (exact) mass is 370 g/mol. The van der Waals surface area contributed by atoms with Gasteiger partial charge in [0.2, 0.25) is 0 Å². The molecule has 142 valence electrons. The Labute approximate surface area is 156 Å². The van der Waals surface area contributed by atoms with E-state index in [2.05, 4.69) is 0 Å². The van der Waals surface area contributed by atoms with Gasteiger partial charge in [-0.15, -0.1) is 0 Å². The second-order valence-corrected chi connectivity index (χ2v) is 7.66. The number of carbonyl (C=O) groups excluding carboxylic acids is 2. The van der Waals surface area contributed by atoms with Gasteiger partial charge in [0.25, 0.3) is 0 Å². The van der Waals surface area contributed by atoms with Crippen molar-refractivity contribution in [3.63, 3.8) is 0 Å². The van der Waals surface area contributed by atoms with Gasteiger partial charge in [0, 0.05) is 17.5 Å². The van der Waals surface area contributed by atoms with Gasteiger partial charge in [-0.1, -0.05) is 19.3 Å². The Kier molecular flexibility index (Phi) is 4.29. The largest absolute Gasteiger partial charge is 0.506 e. The van der Waals surface area contributed by atoms with E-state index in [0.717, 1.165) is 25.7 Å². The fourth-order valence-electron chi connectivity index (χ4n) is 4.71. The van der Waals surface area contributed by atoms with Crippen molar-refractivity contribution in [1.29, 1.82) is 0 Å². The molecule has 6 heteroatoms. The Morgan fingerprint density at radius 2 is 1.89 bits per heavy atom. The molecule has 0 spiro atoms. The van der Waals surface area contributed by atoms with Gasteiger partial charge in [-0.05, 0) is 38.2 Å². The SMILES string of the molecule is CC(=O)c1c2c(c3oc(=O)cc(C)c3c1O)[C@H](C1CCCCC1)CC(=O)O2. The summed E-state index contributed by atoms with van der Waals surface area (Å²) in [5, 5.41) is 11.1. The highest BCUT2D eigenvalue weighted by molar-refractivity contribution is 6.08. The van der Waals surface area contributed by atoms with E-state index in [1.54, 1.807) is 6.92 Å². The number of hydrogen-bond donors (Lipinski definition) is 1. The molecule has 2 heterocycles. The summed E-state index contributed by atoms with van der Waals surface area (Å²) >= 11 is 0. The molecule has 0 saturated heterocycles. The Hall–Kier alpha value is -2.63. The number of Topliss-reactive ketones (excluding diaryl/α,β-unsaturated/α-hetero) is 1. The molecule has 0 bridgehead atoms. The fourth-order valence-corrected chi connectivity index (χ4v) is 4.71. The van der Waals surface area contributed by atoms with Crippen molar-refractivity contribution in [2.75, 3.05) is 0 Å². The molecular formula is C21H22O6. The number of carbonyl (C=O) groups is 2. The van der Waals surface area contributed by atoms with Crippen LogP contribution in [0.4, 0.5) is 0 Å². The van der Waals surface area contributed by atoms with Crippen molar-refractivity contribution in [2.24, 2.45) is 5.92 Å². The lowest BCUT2D eigenvalue weighted by Crippen LogP contribution is -2.28. The van der Waals surface area contributed by atoms with Crippen LogP contribution in [0.15, 0.2) is 15.3 Å². The van der Waals surface area contributed by atoms with Crippen LogP contribution in [0.1, 0.15) is 72.9 Å². The maximum absolute atomic E-state index is 12.3. The number of aryl methyl sites for hydroxylation is 1. The standard InChI is InChI=1S/C21H22O6/c1-10-8-14(23)26-20-16(10)19(25)17(11(2)22)21-18(20)13(9-15(24)27-21)12-6-4-3-5-7-12/h8,12-13,25H,3-7,9H2,1-2H3/t13-/m0/s1. The van der Waals surface area contributed by atoms with E-state index < -0.39 is 17.4 Å². The van der Waals surface area contributed by atoms with Crippen LogP contribution in [0, 0.1) is 12.8 Å². The zero-order chi connectivity index (χ0) is 19.3. The molecule has 0 amide bonds. The number of phenols is 1. The molecular weight excluding hydrogens is 348 g/mol. The van der Waals surface area contributed by atoms with Crippen molar-refractivity contribution in [1.82, 2.24) is 0 Å². The lowest BCUT2D eigenvalue weighted by molar-refractivity contribution is -0.136. The van der Waals surface area contributed by atoms with Gasteiger partial charge in [0.15, 0.2) is 11.5 Å². The molecule has 1 aliphatic heterocycles. The first kappa shape index (κ1) is 17.8. The molecule has 1 aromatic heterocycles. The van der Waals surface area contributed by atoms with Crippen molar-refractivity contribution in [3.05, 3.63) is 33.2 Å². The smallest absolute Gasteiger partial charge is 0.336 e. The Morgan fingerprint density at radius 1 is 1.19 bits per heavy atom. The minimum absolute atomic E-state index is 0.0108. The van der Waals surface area contributed by atoms with Crippen LogP contribution in [-0.4, -0.2) is 16.9 Å². The molecule has 4 rings (SSSR count). The average molecular weight is 370 g/mol. The quantitative estimate of drug-likeness (QED) is 0.372. The van der Waals surface area contributed by atoms with Crippen LogP contribution < -0.4 is 10.4 Å². The summed E-state index contributed by atoms with van der Waals surface area (Å²) in [5.41, 5.74) is 0.809. The molecule has 0 radical (unpaired) electrons. The van der Waals surface area contributed by atoms with Crippen molar-refractivity contribution in [3.8, 4) is 11.5 Å². The van der Waals surface area contributed by atoms with Gasteiger partial charge in [0.05, 0.1) is 11.8 Å². The molecule has 2 aliphatic rings. The van der Waals surface area contributed by atoms with Crippen LogP contribution in [0.5, 0.6) is 11.5 Å². The number of rotatable bonds is 2. The van der Waals surface area contributed by atoms with E-state index >= 15 is 0 Å². The van der Waals surface area contributed by atoms with Gasteiger partial charge < -0.3 is 14.3 Å². The van der Waals surface area contributed by atoms with Gasteiger partial charge in [-0.2, -0.15) is 0 Å². The number of ether oxygens (including phenoxy) is 1. The first-order valence-electron chi connectivity index (χ1n) is 9.43. The summed E-state index contributed by atoms with van der Waals surface area (Å²) < 4.78 is 10.9. The molecule has 1 saturated carbocycles. The van der Waals surface area contributed by atoms with Crippen molar-refractivity contribution < 1.29 is 23.8 Å². The van der Waals surface area contributed by atoms with Crippen molar-refractivity contribution in [2.45, 2.75) is 58.3 Å². The number of esters is 1. The van der Waals surface area contributed by atoms with E-state index in [-0.39, 0.29) is 40.9 Å². The predicted molar refractivity (Wildman–Crippen MR) is 98.5 cm³/mol. The molecule has 1 atom stereocenters. The summed E-state index contributed by atoms with van der Waals surface area (Å²) in [6, 6.07) is 1.29. The highest BCUT2D eigenvalue weighted by Gasteiger charge is 2.40. The summed E-state index contributed by atoms with van der Waals surface area (Å²) in [5.74, 6) is -0.984. The zero-order valence-electron chi connectivity index (χ0n) is 15.5. The molecule has 6 nitrogen and oxygen atoms in total. The molecule has 1 aromatic carbocycles. The van der Waals surface area contributed by atoms with E-state index in [0.29, 0.717) is 16.5 Å². The number of ketones is 1. The molecule has 2 aromatic rings. The maximum atomic E-state index is 12.3. The molecule has 1 N–H and O–H groups in total. The Bertz CT molecular complexity index is 1010. The number of fused-ring (bicyclic) bond motifs is 3. The van der Waals surface area contributed by atoms with Crippen LogP contribution in [0.25, 0.3) is 11.0 Å². The van der Waals surface area contributed by atoms with Gasteiger partial charge in [-0.3, -0.25) is 9.59 Å². The highest BCUT2D eigenvalue weighted by atomic mass is 16.5. The minimum Gasteiger partial charge on any atom is -0.506 e. The lowest BCUT2D eigenvalue weighted by Gasteiger charge is -2.34. The topological polar surface area (TPSA) is 93.8 Å². The lowest BCUT2D eigenvalue weighted by atomic mass is 9.73. The molecule has 0 unspecified atom stereocenters. The van der Waals surface area contributed by atoms with E-state index in [4.69, 9.17) is 9.15 Å². The first-order chi connectivity index (χ1) is 12.9. The number of hydrogen-bond acceptors (Lipinski definition) is 6. The summed E-state index contributed by atoms with van der Waals surface area (Å²) in [6.07, 6.45) is 5.49. The Balaban J connectivity index is 2.09. The van der Waals surface area contributed by atoms with Crippen LogP contribution in [0.2, 0.25) is 0 Å². The number of phenolic OH excluding ortho intramolecular Hbond substituents is 1. The highest BCUT2D eigenvalue weighted by Crippen LogP contribution is 2.51. The van der Waals surface area contributed by atoms with Crippen LogP contribution >= 0.6 is 0 Å². The third kappa shape index (κ3) is 2.83. The minimum atomic E-state index is -0.531. The van der Waals surface area contributed by atoms with Gasteiger partial charge in [-0.25, -0.2) is 4.79 Å². The summed E-state index contributed by atoms with van der Waals surface area (Å²) in [4.78, 5) is 36.7. The normalized spacial score (nSPS) is 20.4. The summed E-state index contributed by atoms with van der Waals surface area (Å²) in [6.45, 7) is 3.02. The second-order valence-electron chi connectivity index (χ2n) is 7.66. The van der Waals surface area contributed by atoms with Crippen molar-refractivity contribution >= 4 is 22.7 Å². The average Bonchev–Trinajstić information content (AvgIpc) is 2.60. The van der Waals surface area contributed by atoms with Gasteiger partial charge in [0.1, 0.15) is 16.9 Å². The zero-order valence-corrected chi connectivity index (χ0v) is 15.5. The summed E-state index contributed by atoms with van der Waals surface area (Å²) in [7, 11) is 0. The van der Waals surface area contributed by atoms with Crippen LogP contribution in [-0.2, 0) is 4.79 Å². The van der Waals surface area contributed by atoms with Gasteiger partial charge >= 0.3 is 11.6 Å². The molecule has 1 aliphatic carbocycles. The molecule has 27 heavy (non-hydrogen) atoms. The Morgan fingerprint density at radius 3 is 2.56 bits per heavy atom. The maximum Gasteiger partial charge on any atom is 0.336 e. The van der Waals surface area contributed by atoms with E-state index in [1.165, 1.54) is 19.4 Å². The number of benzene rings is 1. The fraction of sp³-hybridized carbons (Fsp3) is 0.476. The van der Waals surface area contributed by atoms with Crippen LogP contribution in [0.3, 0.4) is 0 Å². The van der Waals surface area contributed by atoms with E-state index in [9.17, 15) is 19.5 Å². The predicted octanol–water partition coefficient (Wildman–Crippen LogP) is 3.98. The second kappa shape index (κ2) is 6.51. The first-order valence-corrected chi connectivity index (χ1v) is 9.43. The third-order valence-electron chi connectivity index (χ3n) is 5.89.